The second-order valence-corrected chi connectivity index (χ2v) is 5.41. The van der Waals surface area contributed by atoms with Crippen molar-refractivity contribution < 1.29 is 14.3 Å². The van der Waals surface area contributed by atoms with Crippen LogP contribution in [0.2, 0.25) is 5.02 Å². The van der Waals surface area contributed by atoms with Crippen LogP contribution in [0.15, 0.2) is 24.4 Å². The summed E-state index contributed by atoms with van der Waals surface area (Å²) >= 11 is 5.91. The Morgan fingerprint density at radius 3 is 2.75 bits per heavy atom. The predicted octanol–water partition coefficient (Wildman–Crippen LogP) is 1.67. The molecule has 2 N–H and O–H groups in total. The summed E-state index contributed by atoms with van der Waals surface area (Å²) in [5.41, 5.74) is 0.447. The molecule has 10 heteroatoms. The van der Waals surface area contributed by atoms with E-state index < -0.39 is 0 Å². The minimum absolute atomic E-state index is 0.131. The van der Waals surface area contributed by atoms with Gasteiger partial charge in [0.2, 0.25) is 5.91 Å². The Bertz CT molecular complexity index is 746. The topological polar surface area (TPSA) is 101 Å². The summed E-state index contributed by atoms with van der Waals surface area (Å²) in [4.78, 5) is 26.1. The fourth-order valence-electron chi connectivity index (χ4n) is 1.75. The second kappa shape index (κ2) is 7.64. The van der Waals surface area contributed by atoms with Gasteiger partial charge in [0, 0.05) is 19.1 Å². The Morgan fingerprint density at radius 1 is 1.33 bits per heavy atom. The summed E-state index contributed by atoms with van der Waals surface area (Å²) in [6.07, 6.45) is 1.36. The van der Waals surface area contributed by atoms with Gasteiger partial charge in [-0.25, -0.2) is 4.79 Å². The lowest BCUT2D eigenvalue weighted by Crippen LogP contribution is -2.27. The van der Waals surface area contributed by atoms with E-state index >= 15 is 0 Å². The van der Waals surface area contributed by atoms with Crippen LogP contribution in [-0.4, -0.2) is 53.0 Å². The molecule has 0 unspecified atom stereocenters. The summed E-state index contributed by atoms with van der Waals surface area (Å²) in [6, 6.07) is 4.55. The van der Waals surface area contributed by atoms with Crippen molar-refractivity contribution in [3.63, 3.8) is 0 Å². The Hall–Kier alpha value is -2.81. The maximum atomic E-state index is 12.1. The van der Waals surface area contributed by atoms with Crippen molar-refractivity contribution in [3.05, 3.63) is 29.4 Å². The lowest BCUT2D eigenvalue weighted by atomic mass is 10.3. The Kier molecular flexibility index (Phi) is 5.59. The molecule has 1 aromatic heterocycles. The first-order valence-corrected chi connectivity index (χ1v) is 7.28. The van der Waals surface area contributed by atoms with Gasteiger partial charge in [-0.05, 0) is 18.2 Å². The van der Waals surface area contributed by atoms with Crippen LogP contribution in [0.1, 0.15) is 0 Å². The van der Waals surface area contributed by atoms with Crippen LogP contribution in [0.3, 0.4) is 0 Å². The largest absolute Gasteiger partial charge is 0.495 e. The van der Waals surface area contributed by atoms with E-state index in [1.54, 1.807) is 32.3 Å². The van der Waals surface area contributed by atoms with Gasteiger partial charge >= 0.3 is 6.03 Å². The number of halogens is 1. The number of rotatable bonds is 5. The van der Waals surface area contributed by atoms with Gasteiger partial charge in [0.1, 0.15) is 12.3 Å². The van der Waals surface area contributed by atoms with Crippen LogP contribution >= 0.6 is 11.6 Å². The minimum Gasteiger partial charge on any atom is -0.495 e. The molecule has 0 bridgehead atoms. The number of ether oxygens (including phenoxy) is 1. The normalized spacial score (nSPS) is 10.2. The standard InChI is InChI=1S/C14H17ClN6O3/c1-20(2)14(23)18-12-7-16-21(19-12)8-13(22)17-10-6-9(15)4-5-11(10)24-3/h4-7H,8H2,1-3H3,(H,17,22)(H,18,19,23). The van der Waals surface area contributed by atoms with Gasteiger partial charge < -0.3 is 15.0 Å². The van der Waals surface area contributed by atoms with Gasteiger partial charge in [0.15, 0.2) is 5.82 Å². The highest BCUT2D eigenvalue weighted by Gasteiger charge is 2.12. The molecule has 3 amide bonds. The molecule has 0 saturated heterocycles. The molecule has 0 saturated carbocycles. The number of benzene rings is 1. The van der Waals surface area contributed by atoms with E-state index in [0.717, 1.165) is 4.80 Å². The lowest BCUT2D eigenvalue weighted by molar-refractivity contribution is -0.117. The number of nitrogens with one attached hydrogen (secondary N) is 2. The number of nitrogens with zero attached hydrogens (tertiary/aromatic N) is 4. The number of methoxy groups -OCH3 is 1. The van der Waals surface area contributed by atoms with E-state index in [9.17, 15) is 9.59 Å². The lowest BCUT2D eigenvalue weighted by Gasteiger charge is -2.10. The summed E-state index contributed by atoms with van der Waals surface area (Å²) in [5.74, 6) is 0.374. The van der Waals surface area contributed by atoms with Gasteiger partial charge in [-0.1, -0.05) is 11.6 Å². The Labute approximate surface area is 143 Å². The van der Waals surface area contributed by atoms with Crippen LogP contribution in [0.5, 0.6) is 5.75 Å². The van der Waals surface area contributed by atoms with Gasteiger partial charge in [0.25, 0.3) is 0 Å². The second-order valence-electron chi connectivity index (χ2n) is 4.98. The highest BCUT2D eigenvalue weighted by Crippen LogP contribution is 2.27. The maximum Gasteiger partial charge on any atom is 0.322 e. The summed E-state index contributed by atoms with van der Waals surface area (Å²) in [5, 5.41) is 13.6. The van der Waals surface area contributed by atoms with Crippen molar-refractivity contribution >= 4 is 35.0 Å². The van der Waals surface area contributed by atoms with E-state index in [4.69, 9.17) is 16.3 Å². The van der Waals surface area contributed by atoms with Crippen LogP contribution in [0.4, 0.5) is 16.3 Å². The fraction of sp³-hybridized carbons (Fsp3) is 0.286. The maximum absolute atomic E-state index is 12.1. The zero-order chi connectivity index (χ0) is 17.7. The van der Waals surface area contributed by atoms with Crippen molar-refractivity contribution in [2.45, 2.75) is 6.54 Å². The molecule has 0 fully saturated rings. The molecule has 128 valence electrons. The first-order valence-electron chi connectivity index (χ1n) is 6.91. The molecule has 9 nitrogen and oxygen atoms in total. The van der Waals surface area contributed by atoms with E-state index in [1.165, 1.54) is 18.2 Å². The molecule has 0 aliphatic heterocycles. The molecule has 0 radical (unpaired) electrons. The van der Waals surface area contributed by atoms with Gasteiger partial charge in [-0.2, -0.15) is 9.90 Å². The monoisotopic (exact) mass is 352 g/mol. The van der Waals surface area contributed by atoms with E-state index in [-0.39, 0.29) is 24.3 Å². The predicted molar refractivity (Wildman–Crippen MR) is 89.4 cm³/mol. The molecule has 0 aliphatic carbocycles. The molecule has 0 atom stereocenters. The van der Waals surface area contributed by atoms with Crippen molar-refractivity contribution in [2.24, 2.45) is 0 Å². The summed E-state index contributed by atoms with van der Waals surface area (Å²) in [6.45, 7) is -0.131. The molecule has 0 spiro atoms. The van der Waals surface area contributed by atoms with Crippen LogP contribution in [0.25, 0.3) is 0 Å². The van der Waals surface area contributed by atoms with Crippen molar-refractivity contribution in [3.8, 4) is 5.75 Å². The van der Waals surface area contributed by atoms with Crippen LogP contribution < -0.4 is 15.4 Å². The average Bonchev–Trinajstić information content (AvgIpc) is 2.94. The van der Waals surface area contributed by atoms with Crippen molar-refractivity contribution in [1.29, 1.82) is 0 Å². The Morgan fingerprint density at radius 2 is 2.08 bits per heavy atom. The number of anilines is 2. The molecule has 0 aliphatic rings. The average molecular weight is 353 g/mol. The number of hydrogen-bond donors (Lipinski definition) is 2. The zero-order valence-electron chi connectivity index (χ0n) is 13.4. The first-order chi connectivity index (χ1) is 11.4. The van der Waals surface area contributed by atoms with Gasteiger partial charge in [0.05, 0.1) is 19.0 Å². The number of urea groups is 1. The number of carbonyl (C=O) groups is 2. The van der Waals surface area contributed by atoms with E-state index in [1.807, 2.05) is 0 Å². The SMILES string of the molecule is COc1ccc(Cl)cc1NC(=O)Cn1ncc(NC(=O)N(C)C)n1. The molecular weight excluding hydrogens is 336 g/mol. The van der Waals surface area contributed by atoms with Crippen LogP contribution in [0, 0.1) is 0 Å². The van der Waals surface area contributed by atoms with Gasteiger partial charge in [-0.15, -0.1) is 5.10 Å². The quantitative estimate of drug-likeness (QED) is 0.852. The smallest absolute Gasteiger partial charge is 0.322 e. The number of amides is 3. The van der Waals surface area contributed by atoms with Crippen molar-refractivity contribution in [1.82, 2.24) is 19.9 Å². The zero-order valence-corrected chi connectivity index (χ0v) is 14.2. The molecule has 2 aromatic rings. The van der Waals surface area contributed by atoms with Crippen LogP contribution in [-0.2, 0) is 11.3 Å². The highest BCUT2D eigenvalue weighted by atomic mass is 35.5. The molecule has 2 rings (SSSR count). The Balaban J connectivity index is 1.99. The first kappa shape index (κ1) is 17.5. The number of aromatic nitrogens is 3. The molecule has 1 heterocycles. The van der Waals surface area contributed by atoms with Crippen molar-refractivity contribution in [2.75, 3.05) is 31.8 Å². The van der Waals surface area contributed by atoms with E-state index in [0.29, 0.717) is 16.5 Å². The molecule has 24 heavy (non-hydrogen) atoms. The van der Waals surface area contributed by atoms with E-state index in [2.05, 4.69) is 20.8 Å². The summed E-state index contributed by atoms with van der Waals surface area (Å²) in [7, 11) is 4.70. The highest BCUT2D eigenvalue weighted by molar-refractivity contribution is 6.31. The third-order valence-corrected chi connectivity index (χ3v) is 3.13. The molecule has 1 aromatic carbocycles. The van der Waals surface area contributed by atoms with Gasteiger partial charge in [-0.3, -0.25) is 10.1 Å². The summed E-state index contributed by atoms with van der Waals surface area (Å²) < 4.78 is 5.16. The third kappa shape index (κ3) is 4.59. The third-order valence-electron chi connectivity index (χ3n) is 2.90. The fourth-order valence-corrected chi connectivity index (χ4v) is 1.92. The molecular formula is C14H17ClN6O3. The number of carbonyl (C=O) groups excluding carboxylic acids is 2. The minimum atomic E-state index is -0.364. The number of hydrogen-bond acceptors (Lipinski definition) is 5.